The van der Waals surface area contributed by atoms with Crippen LogP contribution in [0.4, 0.5) is 4.39 Å². The Labute approximate surface area is 111 Å². The highest BCUT2D eigenvalue weighted by atomic mass is 19.1. The average molecular weight is 256 g/mol. The van der Waals surface area contributed by atoms with Crippen molar-refractivity contribution in [3.05, 3.63) is 66.7 Å². The fraction of sp³-hybridized carbons (Fsp3) is 0.0625. The predicted octanol–water partition coefficient (Wildman–Crippen LogP) is 4.03. The topological polar surface area (TPSA) is 26.3 Å². The van der Waals surface area contributed by atoms with E-state index in [2.05, 4.69) is 6.58 Å². The molecule has 0 fully saturated rings. The first-order valence-corrected chi connectivity index (χ1v) is 5.80. The van der Waals surface area contributed by atoms with E-state index < -0.39 is 6.86 Å². The van der Waals surface area contributed by atoms with Crippen LogP contribution >= 0.6 is 0 Å². The zero-order valence-corrected chi connectivity index (χ0v) is 10.3. The van der Waals surface area contributed by atoms with Gasteiger partial charge < -0.3 is 4.74 Å². The second-order valence-corrected chi connectivity index (χ2v) is 3.92. The molecule has 0 atom stereocenters. The van der Waals surface area contributed by atoms with E-state index in [0.717, 1.165) is 11.1 Å². The molecule has 96 valence electrons. The van der Waals surface area contributed by atoms with E-state index in [1.807, 2.05) is 24.3 Å². The first kappa shape index (κ1) is 13.0. The maximum absolute atomic E-state index is 12.0. The molecule has 0 aromatic heterocycles. The molecule has 0 saturated heterocycles. The number of carbonyl (C=O) groups excluding carboxylic acids is 1. The van der Waals surface area contributed by atoms with Gasteiger partial charge in [0.2, 0.25) is 6.86 Å². The van der Waals surface area contributed by atoms with Gasteiger partial charge in [-0.05, 0) is 29.3 Å². The summed E-state index contributed by atoms with van der Waals surface area (Å²) in [7, 11) is 0. The molecule has 0 unspecified atom stereocenters. The van der Waals surface area contributed by atoms with E-state index in [0.29, 0.717) is 11.3 Å². The van der Waals surface area contributed by atoms with Crippen molar-refractivity contribution >= 4 is 5.78 Å². The van der Waals surface area contributed by atoms with Crippen LogP contribution in [0.15, 0.2) is 61.2 Å². The molecular formula is C16H13FO2. The van der Waals surface area contributed by atoms with Crippen molar-refractivity contribution in [3.63, 3.8) is 0 Å². The SMILES string of the molecule is C=CC(=O)c1ccc(-c2ccc(OCF)cc2)cc1. The van der Waals surface area contributed by atoms with Gasteiger partial charge in [-0.15, -0.1) is 0 Å². The second-order valence-electron chi connectivity index (χ2n) is 3.92. The summed E-state index contributed by atoms with van der Waals surface area (Å²) in [6.45, 7) is 2.62. The Kier molecular flexibility index (Phi) is 4.08. The van der Waals surface area contributed by atoms with Crippen LogP contribution in [0.5, 0.6) is 5.75 Å². The molecule has 0 aliphatic carbocycles. The number of hydrogen-bond acceptors (Lipinski definition) is 2. The van der Waals surface area contributed by atoms with Crippen LogP contribution in [-0.2, 0) is 0 Å². The third kappa shape index (κ3) is 3.07. The van der Waals surface area contributed by atoms with Crippen molar-refractivity contribution in [2.75, 3.05) is 6.86 Å². The second kappa shape index (κ2) is 5.96. The maximum Gasteiger partial charge on any atom is 0.228 e. The summed E-state index contributed by atoms with van der Waals surface area (Å²) in [4.78, 5) is 11.4. The fourth-order valence-corrected chi connectivity index (χ4v) is 1.75. The van der Waals surface area contributed by atoms with E-state index in [1.165, 1.54) is 6.08 Å². The van der Waals surface area contributed by atoms with E-state index in [9.17, 15) is 9.18 Å². The van der Waals surface area contributed by atoms with Gasteiger partial charge in [-0.1, -0.05) is 43.0 Å². The summed E-state index contributed by atoms with van der Waals surface area (Å²) in [6, 6.07) is 14.3. The molecule has 0 heterocycles. The molecule has 0 bridgehead atoms. The third-order valence-electron chi connectivity index (χ3n) is 2.76. The van der Waals surface area contributed by atoms with Gasteiger partial charge >= 0.3 is 0 Å². The number of ketones is 1. The van der Waals surface area contributed by atoms with E-state index in [4.69, 9.17) is 4.74 Å². The van der Waals surface area contributed by atoms with Crippen molar-refractivity contribution in [2.45, 2.75) is 0 Å². The molecule has 19 heavy (non-hydrogen) atoms. The van der Waals surface area contributed by atoms with Gasteiger partial charge in [-0.25, -0.2) is 4.39 Å². The lowest BCUT2D eigenvalue weighted by Crippen LogP contribution is -1.93. The lowest BCUT2D eigenvalue weighted by molar-refractivity contribution is 0.104. The van der Waals surface area contributed by atoms with Crippen molar-refractivity contribution in [3.8, 4) is 16.9 Å². The Balaban J connectivity index is 2.22. The number of allylic oxidation sites excluding steroid dienone is 1. The number of ether oxygens (including phenoxy) is 1. The van der Waals surface area contributed by atoms with Gasteiger partial charge in [-0.2, -0.15) is 0 Å². The normalized spacial score (nSPS) is 9.95. The van der Waals surface area contributed by atoms with Crippen molar-refractivity contribution < 1.29 is 13.9 Å². The zero-order chi connectivity index (χ0) is 13.7. The molecule has 2 nitrogen and oxygen atoms in total. The number of carbonyl (C=O) groups is 1. The van der Waals surface area contributed by atoms with Crippen LogP contribution in [0, 0.1) is 0 Å². The largest absolute Gasteiger partial charge is 0.463 e. The fourth-order valence-electron chi connectivity index (χ4n) is 1.75. The highest BCUT2D eigenvalue weighted by Crippen LogP contribution is 2.23. The van der Waals surface area contributed by atoms with Crippen molar-refractivity contribution in [2.24, 2.45) is 0 Å². The van der Waals surface area contributed by atoms with Gasteiger partial charge in [0, 0.05) is 5.56 Å². The zero-order valence-electron chi connectivity index (χ0n) is 10.3. The molecule has 2 rings (SSSR count). The Morgan fingerprint density at radius 3 is 2.05 bits per heavy atom. The molecule has 0 spiro atoms. The smallest absolute Gasteiger partial charge is 0.228 e. The summed E-state index contributed by atoms with van der Waals surface area (Å²) >= 11 is 0. The average Bonchev–Trinajstić information content (AvgIpc) is 2.48. The summed E-state index contributed by atoms with van der Waals surface area (Å²) < 4.78 is 16.7. The highest BCUT2D eigenvalue weighted by Gasteiger charge is 2.02. The van der Waals surface area contributed by atoms with E-state index >= 15 is 0 Å². The van der Waals surface area contributed by atoms with Gasteiger partial charge in [-0.3, -0.25) is 4.79 Å². The van der Waals surface area contributed by atoms with Crippen LogP contribution < -0.4 is 4.74 Å². The maximum atomic E-state index is 12.0. The Hall–Kier alpha value is -2.42. The Morgan fingerprint density at radius 2 is 1.58 bits per heavy atom. The molecule has 0 radical (unpaired) electrons. The minimum atomic E-state index is -0.836. The molecule has 2 aromatic carbocycles. The Bertz CT molecular complexity index is 571. The molecule has 0 aliphatic rings. The van der Waals surface area contributed by atoms with Crippen LogP contribution in [-0.4, -0.2) is 12.6 Å². The van der Waals surface area contributed by atoms with Gasteiger partial charge in [0.25, 0.3) is 0 Å². The number of alkyl halides is 1. The molecule has 0 N–H and O–H groups in total. The number of rotatable bonds is 5. The van der Waals surface area contributed by atoms with E-state index in [-0.39, 0.29) is 5.78 Å². The third-order valence-corrected chi connectivity index (χ3v) is 2.76. The molecule has 2 aromatic rings. The molecule has 0 aliphatic heterocycles. The van der Waals surface area contributed by atoms with Crippen LogP contribution in [0.2, 0.25) is 0 Å². The monoisotopic (exact) mass is 256 g/mol. The minimum absolute atomic E-state index is 0.0988. The first-order valence-electron chi connectivity index (χ1n) is 5.80. The number of hydrogen-bond donors (Lipinski definition) is 0. The van der Waals surface area contributed by atoms with E-state index in [1.54, 1.807) is 24.3 Å². The molecule has 0 amide bonds. The summed E-state index contributed by atoms with van der Waals surface area (Å²) in [5, 5.41) is 0. The lowest BCUT2D eigenvalue weighted by Gasteiger charge is -2.05. The Morgan fingerprint density at radius 1 is 1.05 bits per heavy atom. The van der Waals surface area contributed by atoms with Crippen LogP contribution in [0.25, 0.3) is 11.1 Å². The van der Waals surface area contributed by atoms with Gasteiger partial charge in [0.05, 0.1) is 0 Å². The highest BCUT2D eigenvalue weighted by molar-refractivity contribution is 6.04. The first-order chi connectivity index (χ1) is 9.24. The minimum Gasteiger partial charge on any atom is -0.463 e. The van der Waals surface area contributed by atoms with Gasteiger partial charge in [0.1, 0.15) is 5.75 Å². The van der Waals surface area contributed by atoms with Crippen molar-refractivity contribution in [1.82, 2.24) is 0 Å². The quantitative estimate of drug-likeness (QED) is 0.596. The summed E-state index contributed by atoms with van der Waals surface area (Å²) in [5.41, 5.74) is 2.56. The number of benzene rings is 2. The van der Waals surface area contributed by atoms with Crippen molar-refractivity contribution in [1.29, 1.82) is 0 Å². The molecular weight excluding hydrogens is 243 g/mol. The predicted molar refractivity (Wildman–Crippen MR) is 73.0 cm³/mol. The molecule has 0 saturated carbocycles. The standard InChI is InChI=1S/C16H13FO2/c1-2-16(18)14-5-3-12(4-6-14)13-7-9-15(10-8-13)19-11-17/h2-10H,1,11H2. The molecule has 3 heteroatoms. The summed E-state index contributed by atoms with van der Waals surface area (Å²) in [5.74, 6) is 0.392. The lowest BCUT2D eigenvalue weighted by atomic mass is 10.0. The summed E-state index contributed by atoms with van der Waals surface area (Å²) in [6.07, 6.45) is 1.29. The van der Waals surface area contributed by atoms with Crippen LogP contribution in [0.1, 0.15) is 10.4 Å². The van der Waals surface area contributed by atoms with Crippen LogP contribution in [0.3, 0.4) is 0 Å². The number of halogens is 1. The van der Waals surface area contributed by atoms with Gasteiger partial charge in [0.15, 0.2) is 5.78 Å².